The van der Waals surface area contributed by atoms with Crippen LogP contribution in [0.25, 0.3) is 0 Å². The van der Waals surface area contributed by atoms with Gasteiger partial charge in [-0.1, -0.05) is 45.7 Å². The van der Waals surface area contributed by atoms with Crippen LogP contribution in [0.15, 0.2) is 12.3 Å². The molecule has 14 heavy (non-hydrogen) atoms. The highest BCUT2D eigenvalue weighted by atomic mass is 28.2. The molecule has 0 fully saturated rings. The Kier molecular flexibility index (Phi) is 8.19. The van der Waals surface area contributed by atoms with Crippen LogP contribution in [0.2, 0.25) is 0 Å². The maximum atomic E-state index is 6.12. The summed E-state index contributed by atoms with van der Waals surface area (Å²) in [5.74, 6) is 0. The molecular weight excluding hydrogens is 188 g/mol. The van der Waals surface area contributed by atoms with Crippen LogP contribution in [0.4, 0.5) is 0 Å². The molecule has 0 unspecified atom stereocenters. The summed E-state index contributed by atoms with van der Waals surface area (Å²) in [6, 6.07) is 0. The summed E-state index contributed by atoms with van der Waals surface area (Å²) in [5.41, 5.74) is 2.19. The molecule has 0 aromatic heterocycles. The van der Waals surface area contributed by atoms with E-state index < -0.39 is 9.76 Å². The average molecular weight is 214 g/mol. The van der Waals surface area contributed by atoms with Crippen LogP contribution < -0.4 is 0 Å². The molecule has 1 nitrogen and oxygen atoms in total. The molecule has 0 radical (unpaired) electrons. The van der Waals surface area contributed by atoms with Crippen LogP contribution in [0.5, 0.6) is 0 Å². The fraction of sp³-hybridized carbons (Fsp3) is 0.833. The Hall–Kier alpha value is -0.0831. The summed E-state index contributed by atoms with van der Waals surface area (Å²) in [6.07, 6.45) is 7.34. The first-order valence-electron chi connectivity index (χ1n) is 5.99. The Bertz CT molecular complexity index is 128. The predicted octanol–water partition coefficient (Wildman–Crippen LogP) is 3.37. The van der Waals surface area contributed by atoms with Gasteiger partial charge in [-0.05, 0) is 19.3 Å². The van der Waals surface area contributed by atoms with E-state index in [1.54, 1.807) is 0 Å². The van der Waals surface area contributed by atoms with Gasteiger partial charge in [-0.15, -0.1) is 6.58 Å². The number of rotatable bonds is 9. The molecule has 0 atom stereocenters. The standard InChI is InChI=1S/C12H26OSi/c1-5-9-12(10-6-2,11-7-3)13-14-8-4/h8H,4-7,9-11,14H2,1-3H3. The average Bonchev–Trinajstić information content (AvgIpc) is 2.16. The molecule has 2 heteroatoms. The lowest BCUT2D eigenvalue weighted by atomic mass is 9.88. The van der Waals surface area contributed by atoms with E-state index in [9.17, 15) is 0 Å². The molecular formula is C12H26OSi. The SMILES string of the molecule is C=C[SiH2]OC(CCC)(CCC)CCC. The fourth-order valence-corrected chi connectivity index (χ4v) is 3.10. The third-order valence-electron chi connectivity index (χ3n) is 2.62. The molecule has 0 aromatic carbocycles. The predicted molar refractivity (Wildman–Crippen MR) is 67.3 cm³/mol. The summed E-state index contributed by atoms with van der Waals surface area (Å²) in [4.78, 5) is 0. The van der Waals surface area contributed by atoms with Gasteiger partial charge in [0.05, 0.1) is 5.60 Å². The highest BCUT2D eigenvalue weighted by molar-refractivity contribution is 6.34. The minimum atomic E-state index is -0.479. The second kappa shape index (κ2) is 8.24. The maximum Gasteiger partial charge on any atom is 0.185 e. The summed E-state index contributed by atoms with van der Waals surface area (Å²) in [7, 11) is -0.479. The van der Waals surface area contributed by atoms with Crippen molar-refractivity contribution in [3.8, 4) is 0 Å². The Balaban J connectivity index is 4.28. The van der Waals surface area contributed by atoms with Crippen molar-refractivity contribution in [3.05, 3.63) is 12.3 Å². The van der Waals surface area contributed by atoms with Crippen molar-refractivity contribution in [2.45, 2.75) is 64.9 Å². The van der Waals surface area contributed by atoms with Crippen molar-refractivity contribution >= 4 is 9.76 Å². The van der Waals surface area contributed by atoms with Crippen molar-refractivity contribution in [1.29, 1.82) is 0 Å². The lowest BCUT2D eigenvalue weighted by Crippen LogP contribution is -2.33. The zero-order chi connectivity index (χ0) is 10.9. The van der Waals surface area contributed by atoms with Gasteiger partial charge in [-0.2, -0.15) is 0 Å². The van der Waals surface area contributed by atoms with Crippen molar-refractivity contribution in [2.24, 2.45) is 0 Å². The zero-order valence-corrected chi connectivity index (χ0v) is 11.6. The van der Waals surface area contributed by atoms with Gasteiger partial charge in [0.15, 0.2) is 9.76 Å². The molecule has 0 saturated carbocycles. The van der Waals surface area contributed by atoms with Gasteiger partial charge >= 0.3 is 0 Å². The van der Waals surface area contributed by atoms with E-state index in [0.717, 1.165) is 0 Å². The summed E-state index contributed by atoms with van der Waals surface area (Å²) in [6.45, 7) is 10.5. The van der Waals surface area contributed by atoms with E-state index in [1.165, 1.54) is 38.5 Å². The minimum absolute atomic E-state index is 0.193. The highest BCUT2D eigenvalue weighted by Crippen LogP contribution is 2.29. The number of hydrogen-bond acceptors (Lipinski definition) is 1. The molecule has 0 bridgehead atoms. The first-order valence-corrected chi connectivity index (χ1v) is 7.39. The quantitative estimate of drug-likeness (QED) is 0.535. The lowest BCUT2D eigenvalue weighted by Gasteiger charge is -2.34. The Labute approximate surface area is 91.9 Å². The molecule has 0 aromatic rings. The van der Waals surface area contributed by atoms with E-state index in [-0.39, 0.29) is 5.60 Å². The van der Waals surface area contributed by atoms with Crippen LogP contribution in [-0.4, -0.2) is 15.4 Å². The van der Waals surface area contributed by atoms with Crippen LogP contribution in [0, 0.1) is 0 Å². The Morgan fingerprint density at radius 1 is 1.07 bits per heavy atom. The highest BCUT2D eigenvalue weighted by Gasteiger charge is 2.26. The van der Waals surface area contributed by atoms with E-state index in [1.807, 2.05) is 5.70 Å². The van der Waals surface area contributed by atoms with Gasteiger partial charge in [0.25, 0.3) is 0 Å². The molecule has 0 N–H and O–H groups in total. The van der Waals surface area contributed by atoms with Crippen LogP contribution >= 0.6 is 0 Å². The molecule has 84 valence electrons. The molecule has 0 spiro atoms. The maximum absolute atomic E-state index is 6.12. The first kappa shape index (κ1) is 13.9. The first-order chi connectivity index (χ1) is 6.74. The minimum Gasteiger partial charge on any atom is -0.414 e. The molecule has 0 heterocycles. The van der Waals surface area contributed by atoms with Gasteiger partial charge in [-0.25, -0.2) is 0 Å². The van der Waals surface area contributed by atoms with Gasteiger partial charge < -0.3 is 4.43 Å². The largest absolute Gasteiger partial charge is 0.414 e. The third-order valence-corrected chi connectivity index (χ3v) is 3.64. The van der Waals surface area contributed by atoms with Crippen LogP contribution in [0.3, 0.4) is 0 Å². The Morgan fingerprint density at radius 3 is 1.79 bits per heavy atom. The Morgan fingerprint density at radius 2 is 1.50 bits per heavy atom. The molecule has 0 aliphatic carbocycles. The summed E-state index contributed by atoms with van der Waals surface area (Å²) >= 11 is 0. The molecule has 0 amide bonds. The second-order valence-electron chi connectivity index (χ2n) is 4.03. The molecule has 0 aliphatic heterocycles. The van der Waals surface area contributed by atoms with Crippen molar-refractivity contribution < 1.29 is 4.43 Å². The van der Waals surface area contributed by atoms with Gasteiger partial charge in [-0.3, -0.25) is 0 Å². The summed E-state index contributed by atoms with van der Waals surface area (Å²) in [5, 5.41) is 0. The number of hydrogen-bond donors (Lipinski definition) is 0. The second-order valence-corrected chi connectivity index (χ2v) is 5.23. The molecule has 0 aliphatic rings. The monoisotopic (exact) mass is 214 g/mol. The normalized spacial score (nSPS) is 12.5. The molecule has 0 rings (SSSR count). The van der Waals surface area contributed by atoms with Gasteiger partial charge in [0.2, 0.25) is 0 Å². The van der Waals surface area contributed by atoms with Gasteiger partial charge in [0, 0.05) is 0 Å². The van der Waals surface area contributed by atoms with E-state index in [2.05, 4.69) is 27.4 Å². The topological polar surface area (TPSA) is 9.23 Å². The summed E-state index contributed by atoms with van der Waals surface area (Å²) < 4.78 is 6.12. The van der Waals surface area contributed by atoms with Gasteiger partial charge in [0.1, 0.15) is 0 Å². The van der Waals surface area contributed by atoms with Crippen LogP contribution in [-0.2, 0) is 4.43 Å². The zero-order valence-electron chi connectivity index (χ0n) is 10.1. The fourth-order valence-electron chi connectivity index (χ4n) is 2.19. The van der Waals surface area contributed by atoms with Crippen molar-refractivity contribution in [2.75, 3.05) is 0 Å². The van der Waals surface area contributed by atoms with Crippen molar-refractivity contribution in [1.82, 2.24) is 0 Å². The van der Waals surface area contributed by atoms with E-state index in [4.69, 9.17) is 4.43 Å². The van der Waals surface area contributed by atoms with Crippen LogP contribution in [0.1, 0.15) is 59.3 Å². The lowest BCUT2D eigenvalue weighted by molar-refractivity contribution is 0.0446. The smallest absolute Gasteiger partial charge is 0.185 e. The van der Waals surface area contributed by atoms with E-state index in [0.29, 0.717) is 0 Å². The van der Waals surface area contributed by atoms with E-state index >= 15 is 0 Å². The van der Waals surface area contributed by atoms with Crippen molar-refractivity contribution in [3.63, 3.8) is 0 Å². The molecule has 0 saturated heterocycles. The third kappa shape index (κ3) is 4.96.